The Morgan fingerprint density at radius 3 is 2.76 bits per heavy atom. The van der Waals surface area contributed by atoms with Gasteiger partial charge in [0.2, 0.25) is 0 Å². The number of benzene rings is 1. The molecule has 0 aromatic heterocycles. The van der Waals surface area contributed by atoms with Crippen molar-refractivity contribution in [3.05, 3.63) is 28.8 Å². The van der Waals surface area contributed by atoms with Crippen LogP contribution in [-0.4, -0.2) is 19.6 Å². The first-order valence-corrected chi connectivity index (χ1v) is 8.73. The molecule has 1 aromatic carbocycles. The number of halogens is 1. The van der Waals surface area contributed by atoms with Gasteiger partial charge >= 0.3 is 0 Å². The Kier molecular flexibility index (Phi) is 6.38. The summed E-state index contributed by atoms with van der Waals surface area (Å²) in [5.41, 5.74) is 2.47. The maximum atomic E-state index is 6.44. The summed E-state index contributed by atoms with van der Waals surface area (Å²) < 4.78 is 0. The lowest BCUT2D eigenvalue weighted by Gasteiger charge is -2.24. The zero-order valence-corrected chi connectivity index (χ0v) is 14.4. The molecule has 1 saturated heterocycles. The second-order valence-electron chi connectivity index (χ2n) is 6.48. The molecule has 1 fully saturated rings. The van der Waals surface area contributed by atoms with Crippen LogP contribution < -0.4 is 10.2 Å². The number of nitrogens with one attached hydrogen (secondary N) is 1. The van der Waals surface area contributed by atoms with Crippen molar-refractivity contribution < 1.29 is 0 Å². The number of hydrogen-bond acceptors (Lipinski definition) is 2. The van der Waals surface area contributed by atoms with Gasteiger partial charge in [-0.3, -0.25) is 0 Å². The molecule has 1 aromatic rings. The van der Waals surface area contributed by atoms with E-state index in [-0.39, 0.29) is 0 Å². The molecule has 1 aliphatic heterocycles. The Hall–Kier alpha value is -0.730. The van der Waals surface area contributed by atoms with Crippen molar-refractivity contribution in [3.8, 4) is 0 Å². The largest absolute Gasteiger partial charge is 0.371 e. The molecule has 0 aliphatic carbocycles. The molecule has 1 N–H and O–H groups in total. The molecule has 1 heterocycles. The average Bonchev–Trinajstić information content (AvgIpc) is 2.72. The quantitative estimate of drug-likeness (QED) is 0.847. The molecular weight excluding hydrogens is 280 g/mol. The number of nitrogens with zero attached hydrogens (tertiary/aromatic N) is 1. The maximum absolute atomic E-state index is 6.44. The second kappa shape index (κ2) is 8.05. The molecule has 3 heteroatoms. The number of anilines is 1. The topological polar surface area (TPSA) is 15.3 Å². The highest BCUT2D eigenvalue weighted by Crippen LogP contribution is 2.29. The van der Waals surface area contributed by atoms with Crippen LogP contribution in [0.3, 0.4) is 0 Å². The third-order valence-electron chi connectivity index (χ3n) is 4.68. The molecule has 1 aliphatic rings. The van der Waals surface area contributed by atoms with Crippen LogP contribution in [0.5, 0.6) is 0 Å². The van der Waals surface area contributed by atoms with Crippen LogP contribution in [-0.2, 0) is 6.54 Å². The molecule has 0 spiro atoms. The lowest BCUT2D eigenvalue weighted by Crippen LogP contribution is -2.24. The summed E-state index contributed by atoms with van der Waals surface area (Å²) in [7, 11) is 0. The van der Waals surface area contributed by atoms with E-state index < -0.39 is 0 Å². The van der Waals surface area contributed by atoms with Crippen molar-refractivity contribution >= 4 is 17.3 Å². The van der Waals surface area contributed by atoms with E-state index in [9.17, 15) is 0 Å². The highest BCUT2D eigenvalue weighted by molar-refractivity contribution is 6.31. The first-order chi connectivity index (χ1) is 10.1. The Morgan fingerprint density at radius 2 is 2.10 bits per heavy atom. The first kappa shape index (κ1) is 16.6. The van der Waals surface area contributed by atoms with Crippen LogP contribution >= 0.6 is 11.6 Å². The van der Waals surface area contributed by atoms with E-state index >= 15 is 0 Å². The average molecular weight is 309 g/mol. The fourth-order valence-corrected chi connectivity index (χ4v) is 3.42. The van der Waals surface area contributed by atoms with Crippen LogP contribution in [0.1, 0.15) is 45.6 Å². The summed E-state index contributed by atoms with van der Waals surface area (Å²) in [5.74, 6) is 1.68. The summed E-state index contributed by atoms with van der Waals surface area (Å²) in [5, 5.41) is 4.22. The van der Waals surface area contributed by atoms with Crippen LogP contribution in [0.25, 0.3) is 0 Å². The highest BCUT2D eigenvalue weighted by atomic mass is 35.5. The van der Waals surface area contributed by atoms with Gasteiger partial charge in [0, 0.05) is 30.3 Å². The molecule has 2 nitrogen and oxygen atoms in total. The van der Waals surface area contributed by atoms with E-state index in [0.29, 0.717) is 0 Å². The van der Waals surface area contributed by atoms with Gasteiger partial charge in [0.15, 0.2) is 0 Å². The van der Waals surface area contributed by atoms with Crippen LogP contribution in [0.2, 0.25) is 5.02 Å². The molecular formula is C18H29ClN2. The molecule has 0 radical (unpaired) electrons. The molecule has 1 atom stereocenters. The molecule has 2 rings (SSSR count). The van der Waals surface area contributed by atoms with Crippen molar-refractivity contribution in [1.82, 2.24) is 5.32 Å². The maximum Gasteiger partial charge on any atom is 0.0471 e. The Morgan fingerprint density at radius 1 is 1.29 bits per heavy atom. The summed E-state index contributed by atoms with van der Waals surface area (Å²) in [4.78, 5) is 2.51. The van der Waals surface area contributed by atoms with Gasteiger partial charge in [-0.1, -0.05) is 38.4 Å². The van der Waals surface area contributed by atoms with Gasteiger partial charge in [-0.05, 0) is 55.3 Å². The van der Waals surface area contributed by atoms with E-state index in [0.717, 1.165) is 43.0 Å². The highest BCUT2D eigenvalue weighted by Gasteiger charge is 2.20. The monoisotopic (exact) mass is 308 g/mol. The van der Waals surface area contributed by atoms with Crippen molar-refractivity contribution in [1.29, 1.82) is 0 Å². The van der Waals surface area contributed by atoms with Crippen LogP contribution in [0.15, 0.2) is 18.2 Å². The second-order valence-corrected chi connectivity index (χ2v) is 6.89. The van der Waals surface area contributed by atoms with Crippen molar-refractivity contribution in [2.24, 2.45) is 11.8 Å². The van der Waals surface area contributed by atoms with E-state index in [1.807, 2.05) is 0 Å². The minimum atomic E-state index is 0.802. The van der Waals surface area contributed by atoms with Gasteiger partial charge < -0.3 is 10.2 Å². The molecule has 0 bridgehead atoms. The fourth-order valence-electron chi connectivity index (χ4n) is 3.18. The summed E-state index contributed by atoms with van der Waals surface area (Å²) in [6.45, 7) is 11.0. The van der Waals surface area contributed by atoms with Gasteiger partial charge in [0.05, 0.1) is 0 Å². The zero-order chi connectivity index (χ0) is 15.2. The fraction of sp³-hybridized carbons (Fsp3) is 0.667. The number of rotatable bonds is 5. The summed E-state index contributed by atoms with van der Waals surface area (Å²) in [6, 6.07) is 6.54. The molecule has 21 heavy (non-hydrogen) atoms. The summed E-state index contributed by atoms with van der Waals surface area (Å²) >= 11 is 6.44. The minimum Gasteiger partial charge on any atom is -0.371 e. The van der Waals surface area contributed by atoms with Crippen LogP contribution in [0.4, 0.5) is 5.69 Å². The molecule has 118 valence electrons. The van der Waals surface area contributed by atoms with Gasteiger partial charge in [0.1, 0.15) is 0 Å². The lowest BCUT2D eigenvalue weighted by molar-refractivity contribution is 0.351. The van der Waals surface area contributed by atoms with Crippen molar-refractivity contribution in [2.75, 3.05) is 24.5 Å². The van der Waals surface area contributed by atoms with E-state index in [1.54, 1.807) is 0 Å². The minimum absolute atomic E-state index is 0.802. The molecule has 0 amide bonds. The predicted octanol–water partition coefficient (Wildman–Crippen LogP) is 4.71. The Balaban J connectivity index is 2.03. The smallest absolute Gasteiger partial charge is 0.0471 e. The molecule has 0 saturated carbocycles. The SMILES string of the molecule is CCNCc1ccc(N2CCCC(C(C)C)CC2)cc1Cl. The van der Waals surface area contributed by atoms with Gasteiger partial charge in [-0.2, -0.15) is 0 Å². The van der Waals surface area contributed by atoms with Gasteiger partial charge in [-0.25, -0.2) is 0 Å². The van der Waals surface area contributed by atoms with Gasteiger partial charge in [-0.15, -0.1) is 0 Å². The lowest BCUT2D eigenvalue weighted by atomic mass is 9.89. The van der Waals surface area contributed by atoms with Crippen molar-refractivity contribution in [2.45, 2.75) is 46.6 Å². The predicted molar refractivity (Wildman–Crippen MR) is 93.2 cm³/mol. The molecule has 1 unspecified atom stereocenters. The third kappa shape index (κ3) is 4.62. The van der Waals surface area contributed by atoms with E-state index in [1.165, 1.54) is 30.5 Å². The summed E-state index contributed by atoms with van der Waals surface area (Å²) in [6.07, 6.45) is 3.95. The standard InChI is InChI=1S/C18H29ClN2/c1-4-20-13-16-7-8-17(12-18(16)19)21-10-5-6-15(9-11-21)14(2)3/h7-8,12,14-15,20H,4-6,9-11,13H2,1-3H3. The van der Waals surface area contributed by atoms with Gasteiger partial charge in [0.25, 0.3) is 0 Å². The Labute approximate surface area is 134 Å². The van der Waals surface area contributed by atoms with Crippen molar-refractivity contribution in [3.63, 3.8) is 0 Å². The Bertz CT molecular complexity index is 445. The zero-order valence-electron chi connectivity index (χ0n) is 13.7. The van der Waals surface area contributed by atoms with E-state index in [4.69, 9.17) is 11.6 Å². The third-order valence-corrected chi connectivity index (χ3v) is 5.03. The first-order valence-electron chi connectivity index (χ1n) is 8.36. The normalized spacial score (nSPS) is 19.9. The van der Waals surface area contributed by atoms with Crippen LogP contribution in [0, 0.1) is 11.8 Å². The van der Waals surface area contributed by atoms with E-state index in [2.05, 4.69) is 49.2 Å². The number of hydrogen-bond donors (Lipinski definition) is 1.